The Morgan fingerprint density at radius 2 is 2.00 bits per heavy atom. The van der Waals surface area contributed by atoms with Crippen molar-refractivity contribution in [2.45, 2.75) is 6.54 Å². The first-order valence-corrected chi connectivity index (χ1v) is 5.02. The van der Waals surface area contributed by atoms with Gasteiger partial charge in [0.05, 0.1) is 12.7 Å². The van der Waals surface area contributed by atoms with Crippen LogP contribution in [-0.2, 0) is 6.54 Å². The number of halogens is 1. The zero-order valence-corrected chi connectivity index (χ0v) is 9.05. The molecule has 4 heteroatoms. The second kappa shape index (κ2) is 3.87. The maximum absolute atomic E-state index is 3.97. The predicted octanol–water partition coefficient (Wildman–Crippen LogP) is 1.93. The van der Waals surface area contributed by atoms with E-state index in [9.17, 15) is 0 Å². The zero-order valence-electron chi connectivity index (χ0n) is 6.89. The molecule has 0 atom stereocenters. The van der Waals surface area contributed by atoms with Gasteiger partial charge in [-0.15, -0.1) is 5.10 Å². The fourth-order valence-electron chi connectivity index (χ4n) is 1.11. The molecule has 0 spiro atoms. The average molecular weight is 285 g/mol. The van der Waals surface area contributed by atoms with Crippen LogP contribution < -0.4 is 0 Å². The number of rotatable bonds is 2. The zero-order chi connectivity index (χ0) is 9.10. The number of hydrogen-bond acceptors (Lipinski definition) is 2. The van der Waals surface area contributed by atoms with Gasteiger partial charge in [0.25, 0.3) is 0 Å². The van der Waals surface area contributed by atoms with Crippen LogP contribution in [0.1, 0.15) is 5.56 Å². The van der Waals surface area contributed by atoms with Crippen molar-refractivity contribution in [3.8, 4) is 0 Å². The maximum Gasteiger partial charge on any atom is 0.120 e. The lowest BCUT2D eigenvalue weighted by Gasteiger charge is -2.00. The topological polar surface area (TPSA) is 30.7 Å². The van der Waals surface area contributed by atoms with E-state index in [1.165, 1.54) is 5.56 Å². The summed E-state index contributed by atoms with van der Waals surface area (Å²) in [6.45, 7) is 0.791. The molecule has 1 aromatic carbocycles. The minimum atomic E-state index is 0.791. The van der Waals surface area contributed by atoms with Crippen molar-refractivity contribution in [3.63, 3.8) is 0 Å². The molecule has 66 valence electrons. The second-order valence-corrected chi connectivity index (χ2v) is 3.81. The third-order valence-corrected chi connectivity index (χ3v) is 2.58. The third kappa shape index (κ3) is 2.06. The van der Waals surface area contributed by atoms with Gasteiger partial charge in [0, 0.05) is 0 Å². The molecule has 13 heavy (non-hydrogen) atoms. The number of aromatic nitrogens is 3. The van der Waals surface area contributed by atoms with Crippen LogP contribution in [0.25, 0.3) is 0 Å². The van der Waals surface area contributed by atoms with E-state index in [-0.39, 0.29) is 0 Å². The summed E-state index contributed by atoms with van der Waals surface area (Å²) in [5, 5.41) is 7.79. The normalized spacial score (nSPS) is 10.2. The maximum atomic E-state index is 3.97. The lowest BCUT2D eigenvalue weighted by Crippen LogP contribution is -2.03. The highest BCUT2D eigenvalue weighted by Crippen LogP contribution is 2.05. The van der Waals surface area contributed by atoms with Crippen molar-refractivity contribution in [2.24, 2.45) is 0 Å². The smallest absolute Gasteiger partial charge is 0.120 e. The van der Waals surface area contributed by atoms with Crippen LogP contribution in [0.2, 0.25) is 0 Å². The number of hydrogen-bond donors (Lipinski definition) is 0. The van der Waals surface area contributed by atoms with Crippen LogP contribution in [0.15, 0.2) is 36.5 Å². The van der Waals surface area contributed by atoms with Gasteiger partial charge in [-0.3, -0.25) is 0 Å². The highest BCUT2D eigenvalue weighted by Gasteiger charge is 1.99. The van der Waals surface area contributed by atoms with E-state index < -0.39 is 0 Å². The second-order valence-electron chi connectivity index (χ2n) is 2.70. The van der Waals surface area contributed by atoms with E-state index in [4.69, 9.17) is 0 Å². The van der Waals surface area contributed by atoms with Crippen LogP contribution in [0.4, 0.5) is 0 Å². The Hall–Kier alpha value is -0.910. The SMILES string of the molecule is Ic1cnnn1Cc1ccccc1. The molecule has 0 bridgehead atoms. The minimum absolute atomic E-state index is 0.791. The molecule has 0 N–H and O–H groups in total. The average Bonchev–Trinajstić information content (AvgIpc) is 2.54. The van der Waals surface area contributed by atoms with Crippen molar-refractivity contribution in [1.29, 1.82) is 0 Å². The molecule has 0 aliphatic rings. The quantitative estimate of drug-likeness (QED) is 0.789. The molecule has 1 heterocycles. The molecule has 1 aromatic heterocycles. The Kier molecular flexibility index (Phi) is 2.58. The number of nitrogens with zero attached hydrogens (tertiary/aromatic N) is 3. The van der Waals surface area contributed by atoms with Gasteiger partial charge in [0.1, 0.15) is 3.70 Å². The van der Waals surface area contributed by atoms with Crippen LogP contribution >= 0.6 is 22.6 Å². The molecule has 2 aromatic rings. The van der Waals surface area contributed by atoms with Gasteiger partial charge in [-0.2, -0.15) is 0 Å². The van der Waals surface area contributed by atoms with E-state index in [0.29, 0.717) is 0 Å². The fourth-order valence-corrected chi connectivity index (χ4v) is 1.50. The first kappa shape index (κ1) is 8.68. The highest BCUT2D eigenvalue weighted by molar-refractivity contribution is 14.1. The van der Waals surface area contributed by atoms with Crippen LogP contribution in [0, 0.1) is 3.70 Å². The third-order valence-electron chi connectivity index (χ3n) is 1.75. The molecule has 2 rings (SSSR count). The molecule has 0 aliphatic carbocycles. The summed E-state index contributed by atoms with van der Waals surface area (Å²) in [6.07, 6.45) is 1.75. The van der Waals surface area contributed by atoms with Gasteiger partial charge in [0.2, 0.25) is 0 Å². The summed E-state index contributed by atoms with van der Waals surface area (Å²) in [7, 11) is 0. The summed E-state index contributed by atoms with van der Waals surface area (Å²) >= 11 is 2.22. The first-order valence-electron chi connectivity index (χ1n) is 3.94. The van der Waals surface area contributed by atoms with E-state index in [1.54, 1.807) is 6.20 Å². The summed E-state index contributed by atoms with van der Waals surface area (Å²) < 4.78 is 2.93. The van der Waals surface area contributed by atoms with Gasteiger partial charge >= 0.3 is 0 Å². The Morgan fingerprint density at radius 1 is 1.23 bits per heavy atom. The fraction of sp³-hybridized carbons (Fsp3) is 0.111. The van der Waals surface area contributed by atoms with Crippen molar-refractivity contribution in [3.05, 3.63) is 45.8 Å². The lowest BCUT2D eigenvalue weighted by molar-refractivity contribution is 0.636. The van der Waals surface area contributed by atoms with Crippen molar-refractivity contribution >= 4 is 22.6 Å². The number of benzene rings is 1. The first-order chi connectivity index (χ1) is 6.36. The monoisotopic (exact) mass is 285 g/mol. The van der Waals surface area contributed by atoms with Gasteiger partial charge < -0.3 is 0 Å². The molecule has 3 nitrogen and oxygen atoms in total. The van der Waals surface area contributed by atoms with E-state index in [0.717, 1.165) is 10.2 Å². The minimum Gasteiger partial charge on any atom is -0.235 e. The molecule has 0 aliphatic heterocycles. The molecule has 0 fully saturated rings. The largest absolute Gasteiger partial charge is 0.235 e. The highest BCUT2D eigenvalue weighted by atomic mass is 127. The van der Waals surface area contributed by atoms with Crippen LogP contribution in [-0.4, -0.2) is 15.0 Å². The molecular formula is C9H8IN3. The summed E-state index contributed by atoms with van der Waals surface area (Å²) in [5.74, 6) is 0. The van der Waals surface area contributed by atoms with Gasteiger partial charge in [-0.1, -0.05) is 35.5 Å². The standard InChI is InChI=1S/C9H8IN3/c10-9-6-11-12-13(9)7-8-4-2-1-3-5-8/h1-6H,7H2. The Morgan fingerprint density at radius 3 is 2.62 bits per heavy atom. The van der Waals surface area contributed by atoms with E-state index >= 15 is 0 Å². The summed E-state index contributed by atoms with van der Waals surface area (Å²) in [5.41, 5.74) is 1.24. The van der Waals surface area contributed by atoms with E-state index in [2.05, 4.69) is 45.0 Å². The van der Waals surface area contributed by atoms with Gasteiger partial charge in [-0.25, -0.2) is 4.68 Å². The Bertz CT molecular complexity index is 383. The van der Waals surface area contributed by atoms with Gasteiger partial charge in [-0.05, 0) is 28.2 Å². The lowest BCUT2D eigenvalue weighted by atomic mass is 10.2. The van der Waals surface area contributed by atoms with Crippen molar-refractivity contribution < 1.29 is 0 Å². The van der Waals surface area contributed by atoms with Crippen molar-refractivity contribution in [1.82, 2.24) is 15.0 Å². The predicted molar refractivity (Wildman–Crippen MR) is 58.3 cm³/mol. The molecule has 0 saturated carbocycles. The molecule has 0 amide bonds. The summed E-state index contributed by atoms with van der Waals surface area (Å²) in [4.78, 5) is 0. The van der Waals surface area contributed by atoms with E-state index in [1.807, 2.05) is 22.9 Å². The van der Waals surface area contributed by atoms with Crippen LogP contribution in [0.3, 0.4) is 0 Å². The molecule has 0 saturated heterocycles. The Labute approximate surface area is 89.9 Å². The molecular weight excluding hydrogens is 277 g/mol. The molecule has 0 radical (unpaired) electrons. The molecule has 0 unspecified atom stereocenters. The van der Waals surface area contributed by atoms with Crippen molar-refractivity contribution in [2.75, 3.05) is 0 Å². The summed E-state index contributed by atoms with van der Waals surface area (Å²) in [6, 6.07) is 10.2. The van der Waals surface area contributed by atoms with Crippen LogP contribution in [0.5, 0.6) is 0 Å². The Balaban J connectivity index is 2.20. The van der Waals surface area contributed by atoms with Gasteiger partial charge in [0.15, 0.2) is 0 Å².